The summed E-state index contributed by atoms with van der Waals surface area (Å²) < 4.78 is 78.0. The van der Waals surface area contributed by atoms with Crippen LogP contribution in [0, 0.1) is 5.82 Å². The Bertz CT molecular complexity index is 1840. The van der Waals surface area contributed by atoms with E-state index in [0.29, 0.717) is 6.07 Å². The number of aromatic hydroxyl groups is 1. The van der Waals surface area contributed by atoms with Gasteiger partial charge >= 0.3 is 0 Å². The zero-order valence-electron chi connectivity index (χ0n) is 21.2. The lowest BCUT2D eigenvalue weighted by molar-refractivity contribution is 0.198. The summed E-state index contributed by atoms with van der Waals surface area (Å²) in [7, 11) is -5.81. The smallest absolute Gasteiger partial charge is 0.243 e. The van der Waals surface area contributed by atoms with E-state index in [9.17, 15) is 31.4 Å². The molecule has 0 radical (unpaired) electrons. The van der Waals surface area contributed by atoms with Crippen LogP contribution in [0.25, 0.3) is 11.4 Å². The minimum absolute atomic E-state index is 0.0201. The number of aromatic nitrogens is 3. The van der Waals surface area contributed by atoms with Gasteiger partial charge in [-0.2, -0.15) is 0 Å². The molecule has 0 amide bonds. The van der Waals surface area contributed by atoms with Crippen LogP contribution in [0.15, 0.2) is 63.8 Å². The predicted octanol–water partition coefficient (Wildman–Crippen LogP) is 1.71. The first-order valence-electron chi connectivity index (χ1n) is 11.2. The third-order valence-corrected chi connectivity index (χ3v) is 7.87. The van der Waals surface area contributed by atoms with Crippen LogP contribution < -0.4 is 9.46 Å². The summed E-state index contributed by atoms with van der Waals surface area (Å²) >= 11 is 0. The van der Waals surface area contributed by atoms with Crippen LogP contribution >= 0.6 is 0 Å². The molecular weight excluding hydrogens is 569 g/mol. The molecule has 1 aliphatic heterocycles. The normalized spacial score (nSPS) is 13.9. The molecule has 1 aliphatic rings. The van der Waals surface area contributed by atoms with Crippen molar-refractivity contribution in [2.75, 3.05) is 31.0 Å². The zero-order valence-corrected chi connectivity index (χ0v) is 22.8. The Morgan fingerprint density at radius 2 is 1.88 bits per heavy atom. The number of sulfone groups is 1. The molecule has 2 heterocycles. The van der Waals surface area contributed by atoms with Gasteiger partial charge in [-0.15, -0.1) is 10.2 Å². The van der Waals surface area contributed by atoms with Gasteiger partial charge in [-0.05, 0) is 30.0 Å². The van der Waals surface area contributed by atoms with Crippen LogP contribution in [-0.4, -0.2) is 73.9 Å². The van der Waals surface area contributed by atoms with Crippen molar-refractivity contribution in [3.63, 3.8) is 0 Å². The molecule has 2 aromatic carbocycles. The van der Waals surface area contributed by atoms with E-state index in [1.165, 1.54) is 38.5 Å². The number of para-hydroxylation sites is 1. The van der Waals surface area contributed by atoms with E-state index >= 15 is 0 Å². The molecular formula is C24H22FN5O8S2. The topological polar surface area (TPSA) is 182 Å². The molecule has 0 unspecified atom stereocenters. The van der Waals surface area contributed by atoms with E-state index in [0.717, 1.165) is 23.0 Å². The number of aliphatic hydroxyl groups is 1. The second-order valence-corrected chi connectivity index (χ2v) is 12.0. The molecule has 0 fully saturated rings. The second kappa shape index (κ2) is 11.0. The molecule has 13 nitrogen and oxygen atoms in total. The van der Waals surface area contributed by atoms with Crippen molar-refractivity contribution in [3.05, 3.63) is 71.1 Å². The number of benzene rings is 2. The number of aliphatic hydroxyl groups excluding tert-OH is 1. The van der Waals surface area contributed by atoms with Gasteiger partial charge in [0.15, 0.2) is 21.4 Å². The summed E-state index contributed by atoms with van der Waals surface area (Å²) in [6.45, 7) is 0. The van der Waals surface area contributed by atoms with Gasteiger partial charge in [0.25, 0.3) is 0 Å². The van der Waals surface area contributed by atoms with Crippen molar-refractivity contribution in [1.82, 2.24) is 14.8 Å². The van der Waals surface area contributed by atoms with E-state index in [4.69, 9.17) is 9.47 Å². The first-order chi connectivity index (χ1) is 18.8. The summed E-state index contributed by atoms with van der Waals surface area (Å²) in [6, 6.07) is 6.88. The molecule has 3 aromatic rings. The lowest BCUT2D eigenvalue weighted by Crippen LogP contribution is -2.24. The Morgan fingerprint density at radius 1 is 1.12 bits per heavy atom. The van der Waals surface area contributed by atoms with Crippen molar-refractivity contribution in [2.45, 2.75) is 11.0 Å². The quantitative estimate of drug-likeness (QED) is 0.310. The number of hydrogen-bond acceptors (Lipinski definition) is 11. The number of anilines is 1. The van der Waals surface area contributed by atoms with Crippen molar-refractivity contribution >= 4 is 37.4 Å². The fourth-order valence-corrected chi connectivity index (χ4v) is 5.79. The van der Waals surface area contributed by atoms with Gasteiger partial charge in [-0.1, -0.05) is 17.9 Å². The molecule has 4 rings (SSSR count). The number of nitrogens with one attached hydrogen (secondary N) is 1. The molecule has 0 saturated heterocycles. The molecule has 1 atom stereocenters. The SMILES string of the molecule is COC1=NC(c2nnc(NS(=O)(=O)C[C@@H](O)c3ccc(F)cc3S(C)(=O)=O)n2-c2c(O)cccc2OC)=C=C=C1. The van der Waals surface area contributed by atoms with E-state index in [2.05, 4.69) is 31.4 Å². The fraction of sp³-hybridized carbons (Fsp3) is 0.208. The second-order valence-electron chi connectivity index (χ2n) is 8.28. The Hall–Kier alpha value is -4.46. The minimum atomic E-state index is -4.50. The first kappa shape index (κ1) is 28.5. The maximum atomic E-state index is 13.7. The molecule has 1 aromatic heterocycles. The zero-order chi connectivity index (χ0) is 29.2. The van der Waals surface area contributed by atoms with Crippen molar-refractivity contribution in [3.8, 4) is 17.2 Å². The highest BCUT2D eigenvalue weighted by Gasteiger charge is 2.29. The fourth-order valence-electron chi connectivity index (χ4n) is 3.75. The van der Waals surface area contributed by atoms with E-state index in [1.807, 2.05) is 0 Å². The number of phenolic OH excluding ortho intramolecular Hbond substituents is 1. The third-order valence-electron chi connectivity index (χ3n) is 5.47. The summed E-state index contributed by atoms with van der Waals surface area (Å²) in [6.07, 6.45) is 0.326. The summed E-state index contributed by atoms with van der Waals surface area (Å²) in [5, 5.41) is 29.3. The lowest BCUT2D eigenvalue weighted by atomic mass is 10.1. The Balaban J connectivity index is 1.80. The molecule has 3 N–H and O–H groups in total. The van der Waals surface area contributed by atoms with Crippen LogP contribution in [-0.2, 0) is 24.6 Å². The highest BCUT2D eigenvalue weighted by molar-refractivity contribution is 7.92. The number of halogens is 1. The average molecular weight is 592 g/mol. The standard InChI is InChI=1S/C24H22FN5O8S2/c1-37-19-8-5-7-17(31)22(19)30-23(16-6-4-9-21(26-16)38-2)27-28-24(30)29-40(35,36)13-18(32)15-11-10-14(25)12-20(15)39(3,33)34/h5,7-12,18,31-32H,13H2,1-3H3,(H,28,29)/t18-/m1/s1. The van der Waals surface area contributed by atoms with Crippen molar-refractivity contribution < 1.29 is 40.9 Å². The Morgan fingerprint density at radius 3 is 2.55 bits per heavy atom. The summed E-state index contributed by atoms with van der Waals surface area (Å²) in [5.41, 5.74) is 5.05. The van der Waals surface area contributed by atoms with Gasteiger partial charge in [0.05, 0.1) is 37.0 Å². The molecule has 40 heavy (non-hydrogen) atoms. The van der Waals surface area contributed by atoms with Crippen molar-refractivity contribution in [1.29, 1.82) is 0 Å². The maximum Gasteiger partial charge on any atom is 0.243 e. The van der Waals surface area contributed by atoms with Crippen LogP contribution in [0.4, 0.5) is 10.3 Å². The number of methoxy groups -OCH3 is 2. The van der Waals surface area contributed by atoms with Crippen LogP contribution in [0.1, 0.15) is 17.5 Å². The summed E-state index contributed by atoms with van der Waals surface area (Å²) in [5.74, 6) is -2.55. The predicted molar refractivity (Wildman–Crippen MR) is 141 cm³/mol. The maximum absolute atomic E-state index is 13.7. The molecule has 0 bridgehead atoms. The van der Waals surface area contributed by atoms with E-state index in [-0.39, 0.29) is 40.2 Å². The van der Waals surface area contributed by atoms with Crippen LogP contribution in [0.5, 0.6) is 11.5 Å². The number of rotatable bonds is 9. The number of sulfonamides is 1. The molecule has 0 aliphatic carbocycles. The molecule has 210 valence electrons. The third kappa shape index (κ3) is 5.91. The highest BCUT2D eigenvalue weighted by Crippen LogP contribution is 2.36. The number of nitrogens with zero attached hydrogens (tertiary/aromatic N) is 4. The van der Waals surface area contributed by atoms with Gasteiger partial charge < -0.3 is 19.7 Å². The Labute approximate surface area is 228 Å². The number of phenols is 1. The lowest BCUT2D eigenvalue weighted by Gasteiger charge is -2.18. The van der Waals surface area contributed by atoms with Crippen molar-refractivity contribution in [2.24, 2.45) is 4.99 Å². The van der Waals surface area contributed by atoms with Gasteiger partial charge in [0.1, 0.15) is 23.0 Å². The number of ether oxygens (including phenoxy) is 2. The molecule has 16 heteroatoms. The first-order valence-corrected chi connectivity index (χ1v) is 14.7. The highest BCUT2D eigenvalue weighted by atomic mass is 32.2. The monoisotopic (exact) mass is 591 g/mol. The minimum Gasteiger partial charge on any atom is -0.506 e. The van der Waals surface area contributed by atoms with Crippen LogP contribution in [0.3, 0.4) is 0 Å². The van der Waals surface area contributed by atoms with E-state index in [1.54, 1.807) is 0 Å². The van der Waals surface area contributed by atoms with E-state index < -0.39 is 48.4 Å². The molecule has 0 spiro atoms. The van der Waals surface area contributed by atoms with Gasteiger partial charge in [-0.3, -0.25) is 9.29 Å². The average Bonchev–Trinajstić information content (AvgIpc) is 3.29. The van der Waals surface area contributed by atoms with Gasteiger partial charge in [0, 0.05) is 11.8 Å². The molecule has 0 saturated carbocycles. The number of hydrogen-bond donors (Lipinski definition) is 3. The number of aliphatic imine (C=N–C) groups is 1. The summed E-state index contributed by atoms with van der Waals surface area (Å²) in [4.78, 5) is 3.65. The van der Waals surface area contributed by atoms with Gasteiger partial charge in [-0.25, -0.2) is 26.2 Å². The largest absolute Gasteiger partial charge is 0.506 e. The van der Waals surface area contributed by atoms with Gasteiger partial charge in [0.2, 0.25) is 21.9 Å². The Kier molecular flexibility index (Phi) is 7.82. The van der Waals surface area contributed by atoms with Crippen LogP contribution in [0.2, 0.25) is 0 Å².